The van der Waals surface area contributed by atoms with Crippen molar-refractivity contribution < 1.29 is 14.3 Å². The summed E-state index contributed by atoms with van der Waals surface area (Å²) < 4.78 is 11.1. The van der Waals surface area contributed by atoms with E-state index in [2.05, 4.69) is 5.32 Å². The van der Waals surface area contributed by atoms with Gasteiger partial charge in [0.15, 0.2) is 0 Å². The summed E-state index contributed by atoms with van der Waals surface area (Å²) in [5, 5.41) is 2.85. The average molecular weight is 278 g/mol. The topological polar surface area (TPSA) is 73.6 Å². The van der Waals surface area contributed by atoms with Gasteiger partial charge in [-0.2, -0.15) is 0 Å². The zero-order chi connectivity index (χ0) is 14.5. The lowest BCUT2D eigenvalue weighted by Crippen LogP contribution is -2.29. The van der Waals surface area contributed by atoms with Crippen LogP contribution < -0.4 is 15.8 Å². The lowest BCUT2D eigenvalue weighted by molar-refractivity contribution is -0.126. The van der Waals surface area contributed by atoms with E-state index in [0.29, 0.717) is 6.54 Å². The summed E-state index contributed by atoms with van der Waals surface area (Å²) in [6.45, 7) is 4.41. The van der Waals surface area contributed by atoms with E-state index in [4.69, 9.17) is 15.2 Å². The third-order valence-electron chi connectivity index (χ3n) is 3.16. The Labute approximate surface area is 119 Å². The molecule has 2 atom stereocenters. The summed E-state index contributed by atoms with van der Waals surface area (Å²) in [6, 6.07) is 7.33. The van der Waals surface area contributed by atoms with Gasteiger partial charge >= 0.3 is 0 Å². The van der Waals surface area contributed by atoms with Crippen LogP contribution in [-0.4, -0.2) is 30.8 Å². The molecule has 0 aromatic heterocycles. The third-order valence-corrected chi connectivity index (χ3v) is 3.16. The number of nitrogens with one attached hydrogen (secondary N) is 1. The van der Waals surface area contributed by atoms with Crippen LogP contribution in [0.25, 0.3) is 0 Å². The highest BCUT2D eigenvalue weighted by Gasteiger charge is 2.29. The monoisotopic (exact) mass is 278 g/mol. The van der Waals surface area contributed by atoms with E-state index in [9.17, 15) is 4.79 Å². The number of carbonyl (C=O) groups is 1. The van der Waals surface area contributed by atoms with E-state index in [1.807, 2.05) is 38.1 Å². The molecule has 1 aliphatic rings. The highest BCUT2D eigenvalue weighted by Crippen LogP contribution is 2.21. The minimum atomic E-state index is -0.393. The van der Waals surface area contributed by atoms with Crippen LogP contribution in [0.1, 0.15) is 26.7 Å². The highest BCUT2D eigenvalue weighted by atomic mass is 16.5. The van der Waals surface area contributed by atoms with Crippen molar-refractivity contribution in [2.24, 2.45) is 5.73 Å². The molecule has 0 saturated carbocycles. The van der Waals surface area contributed by atoms with Gasteiger partial charge in [0.25, 0.3) is 5.91 Å². The molecule has 1 amide bonds. The minimum Gasteiger partial charge on any atom is -0.491 e. The number of amides is 1. The molecular weight excluding hydrogens is 256 g/mol. The standard InChI is InChI=1S/C15H22N2O3/c1-10(2)19-12-5-3-11(4-6-12)17-15(18)14-8-7-13(9-16)20-14/h3-6,10,13-14H,7-9,16H2,1-2H3,(H,17,18)/t13-,14+/m1/s1. The predicted molar refractivity (Wildman–Crippen MR) is 77.8 cm³/mol. The van der Waals surface area contributed by atoms with Gasteiger partial charge in [0.1, 0.15) is 11.9 Å². The molecule has 1 saturated heterocycles. The smallest absolute Gasteiger partial charge is 0.253 e. The van der Waals surface area contributed by atoms with Crippen molar-refractivity contribution in [1.82, 2.24) is 0 Å². The fourth-order valence-electron chi connectivity index (χ4n) is 2.18. The molecule has 0 aliphatic carbocycles. The largest absolute Gasteiger partial charge is 0.491 e. The fraction of sp³-hybridized carbons (Fsp3) is 0.533. The van der Waals surface area contributed by atoms with E-state index >= 15 is 0 Å². The van der Waals surface area contributed by atoms with E-state index in [-0.39, 0.29) is 18.1 Å². The zero-order valence-corrected chi connectivity index (χ0v) is 12.0. The number of carbonyl (C=O) groups excluding carboxylic acids is 1. The second-order valence-electron chi connectivity index (χ2n) is 5.24. The number of ether oxygens (including phenoxy) is 2. The van der Waals surface area contributed by atoms with Crippen molar-refractivity contribution in [3.05, 3.63) is 24.3 Å². The number of nitrogens with two attached hydrogens (primary N) is 1. The SMILES string of the molecule is CC(C)Oc1ccc(NC(=O)[C@@H]2CC[C@H](CN)O2)cc1. The number of hydrogen-bond donors (Lipinski definition) is 2. The van der Waals surface area contributed by atoms with Gasteiger partial charge in [-0.1, -0.05) is 0 Å². The molecule has 1 aromatic rings. The van der Waals surface area contributed by atoms with Gasteiger partial charge < -0.3 is 20.5 Å². The maximum atomic E-state index is 12.0. The van der Waals surface area contributed by atoms with Crippen molar-refractivity contribution in [2.45, 2.75) is 45.0 Å². The molecule has 0 unspecified atom stereocenters. The summed E-state index contributed by atoms with van der Waals surface area (Å²) >= 11 is 0. The lowest BCUT2D eigenvalue weighted by Gasteiger charge is -2.13. The molecule has 5 heteroatoms. The Morgan fingerprint density at radius 1 is 1.40 bits per heavy atom. The number of anilines is 1. The van der Waals surface area contributed by atoms with Crippen molar-refractivity contribution in [3.63, 3.8) is 0 Å². The molecule has 110 valence electrons. The Morgan fingerprint density at radius 2 is 2.10 bits per heavy atom. The molecule has 0 bridgehead atoms. The average Bonchev–Trinajstić information content (AvgIpc) is 2.89. The number of rotatable bonds is 5. The van der Waals surface area contributed by atoms with Gasteiger partial charge in [0.2, 0.25) is 0 Å². The first-order chi connectivity index (χ1) is 9.58. The summed E-state index contributed by atoms with van der Waals surface area (Å²) in [5.41, 5.74) is 6.28. The lowest BCUT2D eigenvalue weighted by atomic mass is 10.2. The van der Waals surface area contributed by atoms with Crippen LogP contribution in [-0.2, 0) is 9.53 Å². The molecule has 20 heavy (non-hydrogen) atoms. The highest BCUT2D eigenvalue weighted by molar-refractivity contribution is 5.94. The van der Waals surface area contributed by atoms with Crippen LogP contribution in [0.5, 0.6) is 5.75 Å². The van der Waals surface area contributed by atoms with Gasteiger partial charge in [-0.15, -0.1) is 0 Å². The summed E-state index contributed by atoms with van der Waals surface area (Å²) in [7, 11) is 0. The van der Waals surface area contributed by atoms with Crippen molar-refractivity contribution >= 4 is 11.6 Å². The normalized spacial score (nSPS) is 22.0. The van der Waals surface area contributed by atoms with E-state index < -0.39 is 6.10 Å². The minimum absolute atomic E-state index is 0.00701. The van der Waals surface area contributed by atoms with Crippen molar-refractivity contribution in [3.8, 4) is 5.75 Å². The molecule has 1 aromatic carbocycles. The first kappa shape index (κ1) is 14.8. The molecule has 1 fully saturated rings. The van der Waals surface area contributed by atoms with E-state index in [0.717, 1.165) is 24.3 Å². The maximum absolute atomic E-state index is 12.0. The Morgan fingerprint density at radius 3 is 2.65 bits per heavy atom. The molecule has 1 heterocycles. The summed E-state index contributed by atoms with van der Waals surface area (Å²) in [5.74, 6) is 0.678. The molecular formula is C15H22N2O3. The van der Waals surface area contributed by atoms with Crippen molar-refractivity contribution in [2.75, 3.05) is 11.9 Å². The molecule has 2 rings (SSSR count). The van der Waals surface area contributed by atoms with Crippen LogP contribution in [0.15, 0.2) is 24.3 Å². The molecule has 1 aliphatic heterocycles. The van der Waals surface area contributed by atoms with Gasteiger partial charge in [-0.05, 0) is 51.0 Å². The van der Waals surface area contributed by atoms with E-state index in [1.54, 1.807) is 0 Å². The van der Waals surface area contributed by atoms with E-state index in [1.165, 1.54) is 0 Å². The fourth-order valence-corrected chi connectivity index (χ4v) is 2.18. The van der Waals surface area contributed by atoms with Crippen LogP contribution in [0.2, 0.25) is 0 Å². The molecule has 3 N–H and O–H groups in total. The van der Waals surface area contributed by atoms with Crippen LogP contribution >= 0.6 is 0 Å². The van der Waals surface area contributed by atoms with Crippen LogP contribution in [0, 0.1) is 0 Å². The van der Waals surface area contributed by atoms with Crippen molar-refractivity contribution in [1.29, 1.82) is 0 Å². The first-order valence-electron chi connectivity index (χ1n) is 7.01. The third kappa shape index (κ3) is 3.95. The van der Waals surface area contributed by atoms with Gasteiger partial charge in [-0.25, -0.2) is 0 Å². The van der Waals surface area contributed by atoms with Gasteiger partial charge in [0.05, 0.1) is 12.2 Å². The second kappa shape index (κ2) is 6.72. The maximum Gasteiger partial charge on any atom is 0.253 e. The van der Waals surface area contributed by atoms with Gasteiger partial charge in [0, 0.05) is 12.2 Å². The first-order valence-corrected chi connectivity index (χ1v) is 7.01. The second-order valence-corrected chi connectivity index (χ2v) is 5.24. The molecule has 0 radical (unpaired) electrons. The number of hydrogen-bond acceptors (Lipinski definition) is 4. The Hall–Kier alpha value is -1.59. The van der Waals surface area contributed by atoms with Gasteiger partial charge in [-0.3, -0.25) is 4.79 Å². The molecule has 5 nitrogen and oxygen atoms in total. The Bertz CT molecular complexity index is 445. The quantitative estimate of drug-likeness (QED) is 0.863. The molecule has 0 spiro atoms. The van der Waals surface area contributed by atoms with Crippen LogP contribution in [0.3, 0.4) is 0 Å². The predicted octanol–water partition coefficient (Wildman–Crippen LogP) is 1.92. The summed E-state index contributed by atoms with van der Waals surface area (Å²) in [4.78, 5) is 12.0. The Balaban J connectivity index is 1.88. The summed E-state index contributed by atoms with van der Waals surface area (Å²) in [6.07, 6.45) is 1.32. The Kier molecular flexibility index (Phi) is 4.98. The number of benzene rings is 1. The van der Waals surface area contributed by atoms with Crippen LogP contribution in [0.4, 0.5) is 5.69 Å². The zero-order valence-electron chi connectivity index (χ0n) is 12.0.